The van der Waals surface area contributed by atoms with Crippen LogP contribution in [-0.4, -0.2) is 19.2 Å². The summed E-state index contributed by atoms with van der Waals surface area (Å²) in [5, 5.41) is 5.46. The molecule has 2 amide bonds. The molecule has 5 heteroatoms. The Morgan fingerprint density at radius 1 is 1.44 bits per heavy atom. The SMILES string of the molecule is C=C(Br)CNC(=O)Nc1ccccc1COCC. The molecule has 0 bridgehead atoms. The number of anilines is 1. The zero-order valence-electron chi connectivity index (χ0n) is 10.3. The van der Waals surface area contributed by atoms with E-state index in [2.05, 4.69) is 33.1 Å². The first-order valence-electron chi connectivity index (χ1n) is 5.67. The summed E-state index contributed by atoms with van der Waals surface area (Å²) >= 11 is 3.18. The van der Waals surface area contributed by atoms with E-state index in [9.17, 15) is 4.79 Å². The number of carbonyl (C=O) groups excluding carboxylic acids is 1. The maximum Gasteiger partial charge on any atom is 0.319 e. The zero-order chi connectivity index (χ0) is 13.4. The van der Waals surface area contributed by atoms with Crippen molar-refractivity contribution in [2.24, 2.45) is 0 Å². The maximum atomic E-state index is 11.6. The molecule has 0 heterocycles. The van der Waals surface area contributed by atoms with Crippen LogP contribution in [0.2, 0.25) is 0 Å². The van der Waals surface area contributed by atoms with Crippen molar-refractivity contribution in [1.29, 1.82) is 0 Å². The van der Waals surface area contributed by atoms with Gasteiger partial charge in [0.05, 0.1) is 13.2 Å². The molecule has 0 saturated heterocycles. The standard InChI is InChI=1S/C13H17BrN2O2/c1-3-18-9-11-6-4-5-7-12(11)16-13(17)15-8-10(2)14/h4-7H,2-3,8-9H2,1H3,(H2,15,16,17). The topological polar surface area (TPSA) is 50.4 Å². The molecule has 0 unspecified atom stereocenters. The van der Waals surface area contributed by atoms with Gasteiger partial charge in [-0.25, -0.2) is 4.79 Å². The molecule has 0 radical (unpaired) electrons. The number of ether oxygens (including phenoxy) is 1. The summed E-state index contributed by atoms with van der Waals surface area (Å²) in [7, 11) is 0. The third-order valence-corrected chi connectivity index (χ3v) is 2.45. The van der Waals surface area contributed by atoms with Gasteiger partial charge >= 0.3 is 6.03 Å². The fourth-order valence-electron chi connectivity index (χ4n) is 1.32. The summed E-state index contributed by atoms with van der Waals surface area (Å²) in [6.45, 7) is 7.10. The lowest BCUT2D eigenvalue weighted by molar-refractivity contribution is 0.134. The van der Waals surface area contributed by atoms with E-state index >= 15 is 0 Å². The first kappa shape index (κ1) is 14.7. The molecule has 0 aliphatic rings. The Labute approximate surface area is 116 Å². The molecule has 98 valence electrons. The van der Waals surface area contributed by atoms with Crippen LogP contribution in [-0.2, 0) is 11.3 Å². The molecule has 0 saturated carbocycles. The minimum atomic E-state index is -0.264. The second kappa shape index (κ2) is 7.89. The third-order valence-electron chi connectivity index (χ3n) is 2.17. The average Bonchev–Trinajstić information content (AvgIpc) is 2.35. The minimum absolute atomic E-state index is 0.264. The largest absolute Gasteiger partial charge is 0.377 e. The van der Waals surface area contributed by atoms with E-state index in [1.807, 2.05) is 31.2 Å². The van der Waals surface area contributed by atoms with Crippen molar-refractivity contribution >= 4 is 27.6 Å². The number of halogens is 1. The fourth-order valence-corrected chi connectivity index (χ4v) is 1.46. The molecule has 1 aromatic rings. The smallest absolute Gasteiger partial charge is 0.319 e. The van der Waals surface area contributed by atoms with Crippen molar-refractivity contribution in [3.05, 3.63) is 40.9 Å². The number of hydrogen-bond donors (Lipinski definition) is 2. The Balaban J connectivity index is 2.59. The highest BCUT2D eigenvalue weighted by atomic mass is 79.9. The molecule has 2 N–H and O–H groups in total. The second-order valence-corrected chi connectivity index (χ2v) is 4.74. The van der Waals surface area contributed by atoms with Gasteiger partial charge in [-0.15, -0.1) is 0 Å². The Kier molecular flexibility index (Phi) is 6.46. The van der Waals surface area contributed by atoms with Crippen molar-refractivity contribution < 1.29 is 9.53 Å². The first-order valence-corrected chi connectivity index (χ1v) is 6.46. The molecule has 0 fully saturated rings. The van der Waals surface area contributed by atoms with Crippen molar-refractivity contribution in [2.45, 2.75) is 13.5 Å². The van der Waals surface area contributed by atoms with Gasteiger partial charge in [0, 0.05) is 22.3 Å². The van der Waals surface area contributed by atoms with Crippen molar-refractivity contribution in [1.82, 2.24) is 5.32 Å². The van der Waals surface area contributed by atoms with Crippen LogP contribution in [0.25, 0.3) is 0 Å². The van der Waals surface area contributed by atoms with Gasteiger partial charge in [0.15, 0.2) is 0 Å². The third kappa shape index (κ3) is 5.33. The van der Waals surface area contributed by atoms with Crippen LogP contribution in [0.15, 0.2) is 35.3 Å². The summed E-state index contributed by atoms with van der Waals surface area (Å²) in [6, 6.07) is 7.29. The van der Waals surface area contributed by atoms with E-state index in [1.54, 1.807) is 0 Å². The maximum absolute atomic E-state index is 11.6. The van der Waals surface area contributed by atoms with Crippen LogP contribution >= 0.6 is 15.9 Å². The van der Waals surface area contributed by atoms with Gasteiger partial charge in [0.2, 0.25) is 0 Å². The highest BCUT2D eigenvalue weighted by molar-refractivity contribution is 9.11. The lowest BCUT2D eigenvalue weighted by Gasteiger charge is -2.11. The van der Waals surface area contributed by atoms with Gasteiger partial charge in [-0.3, -0.25) is 0 Å². The number of nitrogens with one attached hydrogen (secondary N) is 2. The van der Waals surface area contributed by atoms with E-state index in [1.165, 1.54) is 0 Å². The van der Waals surface area contributed by atoms with Crippen LogP contribution in [0, 0.1) is 0 Å². The molecule has 0 atom stereocenters. The minimum Gasteiger partial charge on any atom is -0.377 e. The van der Waals surface area contributed by atoms with Crippen LogP contribution in [0.5, 0.6) is 0 Å². The van der Waals surface area contributed by atoms with E-state index in [-0.39, 0.29) is 6.03 Å². The first-order chi connectivity index (χ1) is 8.63. The van der Waals surface area contributed by atoms with Crippen LogP contribution < -0.4 is 10.6 Å². The van der Waals surface area contributed by atoms with Crippen LogP contribution in [0.3, 0.4) is 0 Å². The number of carbonyl (C=O) groups is 1. The summed E-state index contributed by atoms with van der Waals surface area (Å²) in [5.74, 6) is 0. The molecule has 18 heavy (non-hydrogen) atoms. The van der Waals surface area contributed by atoms with E-state index in [0.29, 0.717) is 19.8 Å². The summed E-state index contributed by atoms with van der Waals surface area (Å²) in [6.07, 6.45) is 0. The van der Waals surface area contributed by atoms with Crippen molar-refractivity contribution in [2.75, 3.05) is 18.5 Å². The summed E-state index contributed by atoms with van der Waals surface area (Å²) in [5.41, 5.74) is 1.70. The quantitative estimate of drug-likeness (QED) is 0.847. The second-order valence-electron chi connectivity index (χ2n) is 3.62. The van der Waals surface area contributed by atoms with Gasteiger partial charge < -0.3 is 15.4 Å². The lowest BCUT2D eigenvalue weighted by Crippen LogP contribution is -2.29. The van der Waals surface area contributed by atoms with Gasteiger partial charge in [-0.05, 0) is 13.0 Å². The molecule has 0 spiro atoms. The highest BCUT2D eigenvalue weighted by Gasteiger charge is 2.05. The number of rotatable bonds is 6. The molecule has 0 aliphatic heterocycles. The fraction of sp³-hybridized carbons (Fsp3) is 0.308. The van der Waals surface area contributed by atoms with E-state index in [0.717, 1.165) is 15.7 Å². The van der Waals surface area contributed by atoms with Crippen molar-refractivity contribution in [3.63, 3.8) is 0 Å². The van der Waals surface area contributed by atoms with Gasteiger partial charge in [-0.1, -0.05) is 40.7 Å². The average molecular weight is 313 g/mol. The molecule has 0 aromatic heterocycles. The van der Waals surface area contributed by atoms with Gasteiger partial charge in [0.1, 0.15) is 0 Å². The van der Waals surface area contributed by atoms with Gasteiger partial charge in [-0.2, -0.15) is 0 Å². The zero-order valence-corrected chi connectivity index (χ0v) is 11.9. The molecule has 1 aromatic carbocycles. The predicted molar refractivity (Wildman–Crippen MR) is 76.9 cm³/mol. The summed E-state index contributed by atoms with van der Waals surface area (Å²) < 4.78 is 6.07. The van der Waals surface area contributed by atoms with Gasteiger partial charge in [0.25, 0.3) is 0 Å². The van der Waals surface area contributed by atoms with E-state index in [4.69, 9.17) is 4.74 Å². The number of benzene rings is 1. The molecule has 4 nitrogen and oxygen atoms in total. The monoisotopic (exact) mass is 312 g/mol. The Bertz CT molecular complexity index is 421. The predicted octanol–water partition coefficient (Wildman–Crippen LogP) is 3.25. The number of amides is 2. The number of urea groups is 1. The number of para-hydroxylation sites is 1. The van der Waals surface area contributed by atoms with Crippen LogP contribution in [0.4, 0.5) is 10.5 Å². The summed E-state index contributed by atoms with van der Waals surface area (Å²) in [4.78, 5) is 11.6. The molecule has 0 aliphatic carbocycles. The molecule has 1 rings (SSSR count). The highest BCUT2D eigenvalue weighted by Crippen LogP contribution is 2.15. The van der Waals surface area contributed by atoms with E-state index < -0.39 is 0 Å². The Morgan fingerprint density at radius 3 is 2.83 bits per heavy atom. The van der Waals surface area contributed by atoms with Crippen LogP contribution in [0.1, 0.15) is 12.5 Å². The van der Waals surface area contributed by atoms with Crippen molar-refractivity contribution in [3.8, 4) is 0 Å². The Morgan fingerprint density at radius 2 is 2.17 bits per heavy atom. The number of hydrogen-bond acceptors (Lipinski definition) is 2. The molecular weight excluding hydrogens is 296 g/mol. The Hall–Kier alpha value is -1.33. The normalized spacial score (nSPS) is 9.89. The molecular formula is C13H17BrN2O2. The lowest BCUT2D eigenvalue weighted by atomic mass is 10.2.